The summed E-state index contributed by atoms with van der Waals surface area (Å²) in [5.74, 6) is -1.62. The molecule has 1 N–H and O–H groups in total. The first-order valence-corrected chi connectivity index (χ1v) is 10.9. The lowest BCUT2D eigenvalue weighted by molar-refractivity contribution is -0.129. The summed E-state index contributed by atoms with van der Waals surface area (Å²) in [6.07, 6.45) is 5.84. The van der Waals surface area contributed by atoms with E-state index in [2.05, 4.69) is 4.98 Å². The standard InChI is InChI=1S/C25H20ClN3O4/c26-18-7-3-6-17(13-18)22-21(23(30)20-14-16-5-1-2-8-19(16)33-20)24(31)25(32)29(22)11-4-10-28-12-9-27-15-28/h1-3,5-9,12-15,22,31H,4,10-11H2/t22-/m0/s1. The Balaban J connectivity index is 1.51. The number of furan rings is 1. The first kappa shape index (κ1) is 21.0. The Bertz CT molecular complexity index is 1340. The van der Waals surface area contributed by atoms with Gasteiger partial charge in [-0.2, -0.15) is 0 Å². The Kier molecular flexibility index (Phi) is 5.48. The molecule has 0 saturated heterocycles. The van der Waals surface area contributed by atoms with Crippen molar-refractivity contribution in [1.82, 2.24) is 14.5 Å². The number of aryl methyl sites for hydroxylation is 1. The average molecular weight is 462 g/mol. The third kappa shape index (κ3) is 3.91. The quantitative estimate of drug-likeness (QED) is 0.393. The molecule has 1 amide bonds. The highest BCUT2D eigenvalue weighted by Crippen LogP contribution is 2.40. The second-order valence-corrected chi connectivity index (χ2v) is 8.29. The third-order valence-corrected chi connectivity index (χ3v) is 5.97. The summed E-state index contributed by atoms with van der Waals surface area (Å²) in [5, 5.41) is 12.0. The number of nitrogens with zero attached hydrogens (tertiary/aromatic N) is 3. The van der Waals surface area contributed by atoms with E-state index in [1.54, 1.807) is 48.9 Å². The number of hydrogen-bond donors (Lipinski definition) is 1. The van der Waals surface area contributed by atoms with E-state index in [1.807, 2.05) is 29.0 Å². The van der Waals surface area contributed by atoms with Crippen molar-refractivity contribution >= 4 is 34.3 Å². The zero-order valence-electron chi connectivity index (χ0n) is 17.5. The molecule has 2 aromatic carbocycles. The van der Waals surface area contributed by atoms with Crippen LogP contribution in [-0.4, -0.2) is 37.8 Å². The van der Waals surface area contributed by atoms with Gasteiger partial charge in [0.1, 0.15) is 5.58 Å². The van der Waals surface area contributed by atoms with Crippen LogP contribution < -0.4 is 0 Å². The predicted molar refractivity (Wildman–Crippen MR) is 123 cm³/mol. The fraction of sp³-hybridized carbons (Fsp3) is 0.160. The van der Waals surface area contributed by atoms with Crippen LogP contribution in [0.4, 0.5) is 0 Å². The normalized spacial score (nSPS) is 16.2. The van der Waals surface area contributed by atoms with E-state index in [0.29, 0.717) is 35.7 Å². The molecule has 0 fully saturated rings. The van der Waals surface area contributed by atoms with Gasteiger partial charge in [0.15, 0.2) is 11.5 Å². The number of halogens is 1. The van der Waals surface area contributed by atoms with Crippen LogP contribution >= 0.6 is 11.6 Å². The largest absolute Gasteiger partial charge is 0.503 e. The minimum absolute atomic E-state index is 0.0102. The molecule has 2 aromatic heterocycles. The number of amides is 1. The summed E-state index contributed by atoms with van der Waals surface area (Å²) in [6.45, 7) is 0.967. The predicted octanol–water partition coefficient (Wildman–Crippen LogP) is 4.95. The van der Waals surface area contributed by atoms with Gasteiger partial charge in [0.25, 0.3) is 5.91 Å². The molecule has 1 aliphatic heterocycles. The van der Waals surface area contributed by atoms with Gasteiger partial charge in [-0.05, 0) is 36.2 Å². The molecule has 0 unspecified atom stereocenters. The van der Waals surface area contributed by atoms with E-state index < -0.39 is 23.5 Å². The Morgan fingerprint density at radius 1 is 1.12 bits per heavy atom. The number of carbonyl (C=O) groups is 2. The number of benzene rings is 2. The van der Waals surface area contributed by atoms with E-state index >= 15 is 0 Å². The van der Waals surface area contributed by atoms with Crippen LogP contribution in [0.5, 0.6) is 0 Å². The maximum Gasteiger partial charge on any atom is 0.290 e. The van der Waals surface area contributed by atoms with Gasteiger partial charge in [-0.3, -0.25) is 9.59 Å². The number of imidazole rings is 1. The lowest BCUT2D eigenvalue weighted by atomic mass is 9.95. The van der Waals surface area contributed by atoms with Gasteiger partial charge in [-0.25, -0.2) is 4.98 Å². The fourth-order valence-corrected chi connectivity index (χ4v) is 4.41. The molecule has 0 spiro atoms. The summed E-state index contributed by atoms with van der Waals surface area (Å²) >= 11 is 6.22. The van der Waals surface area contributed by atoms with Crippen molar-refractivity contribution < 1.29 is 19.1 Å². The molecule has 8 heteroatoms. The maximum atomic E-state index is 13.5. The smallest absolute Gasteiger partial charge is 0.290 e. The van der Waals surface area contributed by atoms with E-state index in [9.17, 15) is 14.7 Å². The number of rotatable bonds is 7. The highest BCUT2D eigenvalue weighted by atomic mass is 35.5. The van der Waals surface area contributed by atoms with Crippen molar-refractivity contribution in [2.75, 3.05) is 6.54 Å². The molecule has 1 aliphatic rings. The number of ketones is 1. The number of carbonyl (C=O) groups excluding carboxylic acids is 2. The van der Waals surface area contributed by atoms with Gasteiger partial charge in [-0.15, -0.1) is 0 Å². The minimum atomic E-state index is -0.778. The first-order chi connectivity index (χ1) is 16.0. The number of hydrogen-bond acceptors (Lipinski definition) is 5. The third-order valence-electron chi connectivity index (χ3n) is 5.74. The zero-order chi connectivity index (χ0) is 22.9. The second kappa shape index (κ2) is 8.60. The monoisotopic (exact) mass is 461 g/mol. The molecule has 3 heterocycles. The zero-order valence-corrected chi connectivity index (χ0v) is 18.3. The van der Waals surface area contributed by atoms with Crippen molar-refractivity contribution in [2.24, 2.45) is 0 Å². The van der Waals surface area contributed by atoms with Gasteiger partial charge < -0.3 is 19.0 Å². The van der Waals surface area contributed by atoms with Gasteiger partial charge >= 0.3 is 0 Å². The SMILES string of the molecule is O=C(C1=C(O)C(=O)N(CCCn2ccnc2)[C@H]1c1cccc(Cl)c1)c1cc2ccccc2o1. The lowest BCUT2D eigenvalue weighted by Crippen LogP contribution is -2.32. The van der Waals surface area contributed by atoms with Gasteiger partial charge in [-0.1, -0.05) is 41.9 Å². The van der Waals surface area contributed by atoms with Crippen molar-refractivity contribution in [1.29, 1.82) is 0 Å². The van der Waals surface area contributed by atoms with Crippen LogP contribution in [0.2, 0.25) is 5.02 Å². The Morgan fingerprint density at radius 3 is 2.73 bits per heavy atom. The highest BCUT2D eigenvalue weighted by Gasteiger charge is 2.44. The molecule has 0 radical (unpaired) electrons. The molecule has 0 saturated carbocycles. The van der Waals surface area contributed by atoms with Crippen LogP contribution in [0, 0.1) is 0 Å². The molecule has 0 aliphatic carbocycles. The topological polar surface area (TPSA) is 88.6 Å². The van der Waals surface area contributed by atoms with Gasteiger partial charge in [0, 0.05) is 35.9 Å². The summed E-state index contributed by atoms with van der Waals surface area (Å²) < 4.78 is 7.64. The Hall–Kier alpha value is -3.84. The molecular weight excluding hydrogens is 442 g/mol. The molecule has 7 nitrogen and oxygen atoms in total. The molecular formula is C25H20ClN3O4. The van der Waals surface area contributed by atoms with E-state index in [4.69, 9.17) is 16.0 Å². The number of Topliss-reactive ketones (excluding diaryl/α,β-unsaturated/α-hetero) is 1. The summed E-state index contributed by atoms with van der Waals surface area (Å²) in [6, 6.07) is 15.1. The van der Waals surface area contributed by atoms with Crippen molar-refractivity contribution in [2.45, 2.75) is 19.0 Å². The minimum Gasteiger partial charge on any atom is -0.503 e. The molecule has 33 heavy (non-hydrogen) atoms. The molecule has 4 aromatic rings. The second-order valence-electron chi connectivity index (χ2n) is 7.85. The van der Waals surface area contributed by atoms with Crippen LogP contribution in [0.1, 0.15) is 28.6 Å². The average Bonchev–Trinajstić information content (AvgIpc) is 3.53. The van der Waals surface area contributed by atoms with Crippen molar-refractivity contribution in [3.8, 4) is 0 Å². The van der Waals surface area contributed by atoms with Crippen LogP contribution in [-0.2, 0) is 11.3 Å². The van der Waals surface area contributed by atoms with Gasteiger partial charge in [0.05, 0.1) is 17.9 Å². The van der Waals surface area contributed by atoms with E-state index in [0.717, 1.165) is 5.39 Å². The van der Waals surface area contributed by atoms with Crippen molar-refractivity contribution in [3.05, 3.63) is 101 Å². The highest BCUT2D eigenvalue weighted by molar-refractivity contribution is 6.30. The molecule has 166 valence electrons. The number of aromatic nitrogens is 2. The molecule has 0 bridgehead atoms. The number of fused-ring (bicyclic) bond motifs is 1. The summed E-state index contributed by atoms with van der Waals surface area (Å²) in [7, 11) is 0. The lowest BCUT2D eigenvalue weighted by Gasteiger charge is -2.27. The Morgan fingerprint density at radius 2 is 1.97 bits per heavy atom. The van der Waals surface area contributed by atoms with E-state index in [-0.39, 0.29) is 11.3 Å². The number of para-hydroxylation sites is 1. The van der Waals surface area contributed by atoms with Crippen molar-refractivity contribution in [3.63, 3.8) is 0 Å². The number of aliphatic hydroxyl groups is 1. The fourth-order valence-electron chi connectivity index (χ4n) is 4.21. The maximum absolute atomic E-state index is 13.5. The number of aliphatic hydroxyl groups excluding tert-OH is 1. The Labute approximate surface area is 194 Å². The van der Waals surface area contributed by atoms with Crippen LogP contribution in [0.25, 0.3) is 11.0 Å². The molecule has 5 rings (SSSR count). The van der Waals surface area contributed by atoms with Gasteiger partial charge in [0.2, 0.25) is 5.78 Å². The summed E-state index contributed by atoms with van der Waals surface area (Å²) in [4.78, 5) is 32.1. The van der Waals surface area contributed by atoms with E-state index in [1.165, 1.54) is 4.90 Å². The molecule has 1 atom stereocenters. The first-order valence-electron chi connectivity index (χ1n) is 10.5. The van der Waals surface area contributed by atoms with Crippen LogP contribution in [0.3, 0.4) is 0 Å². The summed E-state index contributed by atoms with van der Waals surface area (Å²) in [5.41, 5.74) is 1.19. The van der Waals surface area contributed by atoms with Crippen LogP contribution in [0.15, 0.2) is 89.1 Å².